The first-order valence-corrected chi connectivity index (χ1v) is 9.53. The highest BCUT2D eigenvalue weighted by Gasteiger charge is 2.17. The number of phenolic OH excluding ortho intramolecular Hbond substituents is 1. The van der Waals surface area contributed by atoms with Crippen molar-refractivity contribution in [3.63, 3.8) is 0 Å². The minimum atomic E-state index is -0.352. The second-order valence-corrected chi connectivity index (χ2v) is 7.38. The molecule has 2 N–H and O–H groups in total. The first-order chi connectivity index (χ1) is 13.4. The van der Waals surface area contributed by atoms with Gasteiger partial charge in [-0.2, -0.15) is 5.10 Å². The average molecular weight is 416 g/mol. The summed E-state index contributed by atoms with van der Waals surface area (Å²) in [5.74, 6) is 0.0119. The molecular weight excluding hydrogens is 398 g/mol. The van der Waals surface area contributed by atoms with Crippen LogP contribution in [0.1, 0.15) is 26.5 Å². The van der Waals surface area contributed by atoms with Crippen LogP contribution in [0.3, 0.4) is 0 Å². The number of hydrogen-bond donors (Lipinski definition) is 2. The molecule has 0 aliphatic carbocycles. The maximum Gasteiger partial charge on any atom is 0.283 e. The van der Waals surface area contributed by atoms with Gasteiger partial charge in [0.15, 0.2) is 11.5 Å². The molecule has 0 saturated heterocycles. The highest BCUT2D eigenvalue weighted by molar-refractivity contribution is 7.17. The Hall–Kier alpha value is -2.90. The standard InChI is InChI=1S/C20H18ClN3O3S/c1-11-14(5-4-6-15(11)21)20-23-12(2)18(28-20)19(26)24-22-10-13-7-8-17(27-3)16(25)9-13/h4-10,25H,1-3H3,(H,24,26)/b22-10+. The fourth-order valence-electron chi connectivity index (χ4n) is 2.56. The lowest BCUT2D eigenvalue weighted by atomic mass is 10.1. The number of carbonyl (C=O) groups excluding carboxylic acids is 1. The van der Waals surface area contributed by atoms with Crippen molar-refractivity contribution in [2.45, 2.75) is 13.8 Å². The number of carbonyl (C=O) groups is 1. The zero-order valence-corrected chi connectivity index (χ0v) is 17.1. The summed E-state index contributed by atoms with van der Waals surface area (Å²) < 4.78 is 4.99. The Kier molecular flexibility index (Phi) is 5.96. The van der Waals surface area contributed by atoms with E-state index in [0.29, 0.717) is 26.9 Å². The Morgan fingerprint density at radius 1 is 1.32 bits per heavy atom. The third-order valence-corrected chi connectivity index (χ3v) is 5.68. The van der Waals surface area contributed by atoms with Crippen molar-refractivity contribution in [1.29, 1.82) is 0 Å². The molecule has 144 valence electrons. The van der Waals surface area contributed by atoms with E-state index in [1.807, 2.05) is 25.1 Å². The molecule has 3 rings (SSSR count). The number of amides is 1. The highest BCUT2D eigenvalue weighted by atomic mass is 35.5. The van der Waals surface area contributed by atoms with E-state index in [2.05, 4.69) is 15.5 Å². The second-order valence-electron chi connectivity index (χ2n) is 5.98. The number of ether oxygens (including phenoxy) is 1. The van der Waals surface area contributed by atoms with E-state index in [0.717, 1.165) is 16.1 Å². The van der Waals surface area contributed by atoms with E-state index in [1.165, 1.54) is 30.7 Å². The van der Waals surface area contributed by atoms with Gasteiger partial charge in [0.2, 0.25) is 0 Å². The summed E-state index contributed by atoms with van der Waals surface area (Å²) >= 11 is 7.47. The molecule has 0 saturated carbocycles. The van der Waals surface area contributed by atoms with E-state index >= 15 is 0 Å². The van der Waals surface area contributed by atoms with E-state index in [4.69, 9.17) is 16.3 Å². The van der Waals surface area contributed by atoms with Crippen molar-refractivity contribution in [2.24, 2.45) is 5.10 Å². The lowest BCUT2D eigenvalue weighted by Crippen LogP contribution is -2.17. The number of hydrogen-bond acceptors (Lipinski definition) is 6. The van der Waals surface area contributed by atoms with Gasteiger partial charge in [-0.15, -0.1) is 11.3 Å². The van der Waals surface area contributed by atoms with Gasteiger partial charge in [0.25, 0.3) is 5.91 Å². The van der Waals surface area contributed by atoms with E-state index in [9.17, 15) is 9.90 Å². The van der Waals surface area contributed by atoms with Crippen LogP contribution < -0.4 is 10.2 Å². The maximum absolute atomic E-state index is 12.5. The van der Waals surface area contributed by atoms with E-state index < -0.39 is 0 Å². The zero-order chi connectivity index (χ0) is 20.3. The van der Waals surface area contributed by atoms with Crippen LogP contribution in [0.4, 0.5) is 0 Å². The fraction of sp³-hybridized carbons (Fsp3) is 0.150. The molecule has 8 heteroatoms. The smallest absolute Gasteiger partial charge is 0.283 e. The van der Waals surface area contributed by atoms with Crippen molar-refractivity contribution in [1.82, 2.24) is 10.4 Å². The van der Waals surface area contributed by atoms with Gasteiger partial charge in [0, 0.05) is 10.6 Å². The summed E-state index contributed by atoms with van der Waals surface area (Å²) in [5.41, 5.74) is 5.55. The predicted molar refractivity (Wildman–Crippen MR) is 112 cm³/mol. The van der Waals surface area contributed by atoms with Crippen LogP contribution in [0.25, 0.3) is 10.6 Å². The van der Waals surface area contributed by atoms with Crippen LogP contribution in [0.5, 0.6) is 11.5 Å². The first-order valence-electron chi connectivity index (χ1n) is 8.34. The maximum atomic E-state index is 12.5. The van der Waals surface area contributed by atoms with Gasteiger partial charge < -0.3 is 9.84 Å². The first kappa shape index (κ1) is 19.9. The highest BCUT2D eigenvalue weighted by Crippen LogP contribution is 2.33. The molecule has 1 amide bonds. The van der Waals surface area contributed by atoms with Crippen LogP contribution in [0, 0.1) is 13.8 Å². The molecule has 1 heterocycles. The number of aryl methyl sites for hydroxylation is 1. The zero-order valence-electron chi connectivity index (χ0n) is 15.5. The summed E-state index contributed by atoms with van der Waals surface area (Å²) in [4.78, 5) is 17.4. The summed E-state index contributed by atoms with van der Waals surface area (Å²) in [5, 5.41) is 15.1. The topological polar surface area (TPSA) is 83.8 Å². The molecule has 0 aliphatic heterocycles. The molecule has 0 radical (unpaired) electrons. The minimum absolute atomic E-state index is 0.00221. The molecule has 0 atom stereocenters. The van der Waals surface area contributed by atoms with Crippen molar-refractivity contribution < 1.29 is 14.6 Å². The van der Waals surface area contributed by atoms with Gasteiger partial charge in [0.05, 0.1) is 19.0 Å². The number of nitrogens with zero attached hydrogens (tertiary/aromatic N) is 2. The van der Waals surface area contributed by atoms with Crippen molar-refractivity contribution in [2.75, 3.05) is 7.11 Å². The minimum Gasteiger partial charge on any atom is -0.504 e. The third-order valence-electron chi connectivity index (χ3n) is 4.08. The number of rotatable bonds is 5. The lowest BCUT2D eigenvalue weighted by Gasteiger charge is -2.03. The van der Waals surface area contributed by atoms with Crippen LogP contribution in [0.2, 0.25) is 5.02 Å². The summed E-state index contributed by atoms with van der Waals surface area (Å²) in [6, 6.07) is 10.4. The van der Waals surface area contributed by atoms with Crippen LogP contribution in [-0.4, -0.2) is 29.3 Å². The molecular formula is C20H18ClN3O3S. The molecule has 28 heavy (non-hydrogen) atoms. The Morgan fingerprint density at radius 3 is 2.82 bits per heavy atom. The van der Waals surface area contributed by atoms with Crippen molar-refractivity contribution >= 4 is 35.1 Å². The quantitative estimate of drug-likeness (QED) is 0.472. The summed E-state index contributed by atoms with van der Waals surface area (Å²) in [6.07, 6.45) is 1.44. The number of hydrazone groups is 1. The van der Waals surface area contributed by atoms with Gasteiger partial charge in [-0.25, -0.2) is 10.4 Å². The number of aromatic hydroxyl groups is 1. The number of halogens is 1. The fourth-order valence-corrected chi connectivity index (χ4v) is 3.78. The van der Waals surface area contributed by atoms with Gasteiger partial charge in [-0.3, -0.25) is 4.79 Å². The van der Waals surface area contributed by atoms with Crippen LogP contribution in [0.15, 0.2) is 41.5 Å². The summed E-state index contributed by atoms with van der Waals surface area (Å²) in [7, 11) is 1.47. The molecule has 0 bridgehead atoms. The Bertz CT molecular complexity index is 1060. The van der Waals surface area contributed by atoms with Gasteiger partial charge in [0.1, 0.15) is 9.88 Å². The number of nitrogens with one attached hydrogen (secondary N) is 1. The number of phenols is 1. The number of aromatic nitrogens is 1. The predicted octanol–water partition coefficient (Wildman–Crippen LogP) is 4.56. The van der Waals surface area contributed by atoms with Gasteiger partial charge in [-0.05, 0) is 49.2 Å². The summed E-state index contributed by atoms with van der Waals surface area (Å²) in [6.45, 7) is 3.70. The largest absolute Gasteiger partial charge is 0.504 e. The number of thiazole rings is 1. The van der Waals surface area contributed by atoms with Gasteiger partial charge >= 0.3 is 0 Å². The SMILES string of the molecule is COc1ccc(/C=N/NC(=O)c2sc(-c3cccc(Cl)c3C)nc2C)cc1O. The molecule has 3 aromatic rings. The molecule has 0 aliphatic rings. The Balaban J connectivity index is 1.75. The molecule has 1 aromatic heterocycles. The number of methoxy groups -OCH3 is 1. The van der Waals surface area contributed by atoms with Crippen molar-refractivity contribution in [3.05, 3.63) is 63.1 Å². The van der Waals surface area contributed by atoms with E-state index in [1.54, 1.807) is 19.1 Å². The van der Waals surface area contributed by atoms with Gasteiger partial charge in [-0.1, -0.05) is 23.7 Å². The molecule has 0 fully saturated rings. The average Bonchev–Trinajstić information content (AvgIpc) is 3.05. The normalized spacial score (nSPS) is 11.0. The Morgan fingerprint density at radius 2 is 2.11 bits per heavy atom. The monoisotopic (exact) mass is 415 g/mol. The van der Waals surface area contributed by atoms with Crippen LogP contribution in [-0.2, 0) is 0 Å². The van der Waals surface area contributed by atoms with Crippen molar-refractivity contribution in [3.8, 4) is 22.1 Å². The molecule has 0 spiro atoms. The van der Waals surface area contributed by atoms with Crippen LogP contribution >= 0.6 is 22.9 Å². The van der Waals surface area contributed by atoms with E-state index in [-0.39, 0.29) is 11.7 Å². The lowest BCUT2D eigenvalue weighted by molar-refractivity contribution is 0.0958. The molecule has 2 aromatic carbocycles. The second kappa shape index (κ2) is 8.41. The number of benzene rings is 2. The Labute approximate surface area is 171 Å². The third kappa shape index (κ3) is 4.16. The molecule has 6 nitrogen and oxygen atoms in total. The molecule has 0 unspecified atom stereocenters.